The highest BCUT2D eigenvalue weighted by Crippen LogP contribution is 2.35. The lowest BCUT2D eigenvalue weighted by Crippen LogP contribution is -2.26. The van der Waals surface area contributed by atoms with Gasteiger partial charge in [0, 0.05) is 6.04 Å². The van der Waals surface area contributed by atoms with E-state index >= 15 is 0 Å². The van der Waals surface area contributed by atoms with Crippen molar-refractivity contribution >= 4 is 17.5 Å². The molecule has 0 spiro atoms. The van der Waals surface area contributed by atoms with Crippen LogP contribution in [0.4, 0.5) is 5.95 Å². The van der Waals surface area contributed by atoms with Gasteiger partial charge < -0.3 is 10.1 Å². The summed E-state index contributed by atoms with van der Waals surface area (Å²) in [5, 5.41) is 3.56. The second-order valence-electron chi connectivity index (χ2n) is 5.41. The summed E-state index contributed by atoms with van der Waals surface area (Å²) in [5.74, 6) is 1.92. The van der Waals surface area contributed by atoms with Crippen molar-refractivity contribution in [2.75, 3.05) is 11.9 Å². The first-order valence-electron chi connectivity index (χ1n) is 7.45. The zero-order valence-electron chi connectivity index (χ0n) is 12.4. The third-order valence-corrected chi connectivity index (χ3v) is 4.26. The normalized spacial score (nSPS) is 25.7. The van der Waals surface area contributed by atoms with Crippen molar-refractivity contribution in [3.63, 3.8) is 0 Å². The second-order valence-corrected chi connectivity index (χ2v) is 5.75. The molecule has 1 aliphatic carbocycles. The molecule has 1 fully saturated rings. The topological polar surface area (TPSA) is 59.9 Å². The number of hydrogen-bond acceptors (Lipinski definition) is 5. The smallest absolute Gasteiger partial charge is 0.322 e. The molecule has 0 aliphatic heterocycles. The number of halogens is 1. The molecule has 0 radical (unpaired) electrons. The van der Waals surface area contributed by atoms with Crippen LogP contribution in [0.2, 0.25) is 5.28 Å². The maximum Gasteiger partial charge on any atom is 0.322 e. The highest BCUT2D eigenvalue weighted by molar-refractivity contribution is 6.28. The third-order valence-electron chi connectivity index (χ3n) is 4.09. The predicted octanol–water partition coefficient (Wildman–Crippen LogP) is 3.55. The van der Waals surface area contributed by atoms with Gasteiger partial charge in [-0.15, -0.1) is 0 Å². The first-order chi connectivity index (χ1) is 9.63. The SMILES string of the molecule is CCCOc1nc(Cl)nc(NC2CCC(CC)C2C)n1. The summed E-state index contributed by atoms with van der Waals surface area (Å²) in [7, 11) is 0. The molecule has 2 rings (SSSR count). The molecule has 112 valence electrons. The van der Waals surface area contributed by atoms with Crippen molar-refractivity contribution in [1.82, 2.24) is 15.0 Å². The molecule has 1 aliphatic rings. The maximum atomic E-state index is 5.92. The monoisotopic (exact) mass is 298 g/mol. The lowest BCUT2D eigenvalue weighted by atomic mass is 9.94. The van der Waals surface area contributed by atoms with Gasteiger partial charge in [-0.2, -0.15) is 15.0 Å². The van der Waals surface area contributed by atoms with E-state index in [1.807, 2.05) is 6.92 Å². The molecule has 1 N–H and O–H groups in total. The summed E-state index contributed by atoms with van der Waals surface area (Å²) in [5.41, 5.74) is 0. The fourth-order valence-corrected chi connectivity index (χ4v) is 3.00. The van der Waals surface area contributed by atoms with E-state index in [1.165, 1.54) is 12.8 Å². The van der Waals surface area contributed by atoms with E-state index in [2.05, 4.69) is 34.1 Å². The molecule has 1 heterocycles. The molecule has 3 unspecified atom stereocenters. The summed E-state index contributed by atoms with van der Waals surface area (Å²) < 4.78 is 5.42. The quantitative estimate of drug-likeness (QED) is 0.870. The minimum Gasteiger partial charge on any atom is -0.463 e. The van der Waals surface area contributed by atoms with Crippen LogP contribution in [0.5, 0.6) is 6.01 Å². The highest BCUT2D eigenvalue weighted by Gasteiger charge is 2.32. The first kappa shape index (κ1) is 15.3. The van der Waals surface area contributed by atoms with Crippen molar-refractivity contribution in [2.45, 2.75) is 52.5 Å². The zero-order valence-corrected chi connectivity index (χ0v) is 13.2. The number of ether oxygens (including phenoxy) is 1. The van der Waals surface area contributed by atoms with Crippen LogP contribution in [0, 0.1) is 11.8 Å². The predicted molar refractivity (Wildman–Crippen MR) is 80.2 cm³/mol. The van der Waals surface area contributed by atoms with Crippen LogP contribution in [-0.2, 0) is 0 Å². The van der Waals surface area contributed by atoms with Gasteiger partial charge in [-0.1, -0.05) is 27.2 Å². The molecular formula is C14H23ClN4O. The van der Waals surface area contributed by atoms with Gasteiger partial charge in [-0.25, -0.2) is 0 Å². The molecule has 3 atom stereocenters. The lowest BCUT2D eigenvalue weighted by molar-refractivity contribution is 0.291. The number of hydrogen-bond donors (Lipinski definition) is 1. The van der Waals surface area contributed by atoms with Crippen molar-refractivity contribution in [3.8, 4) is 6.01 Å². The maximum absolute atomic E-state index is 5.92. The van der Waals surface area contributed by atoms with E-state index in [0.717, 1.165) is 18.8 Å². The molecule has 1 saturated carbocycles. The summed E-state index contributed by atoms with van der Waals surface area (Å²) in [4.78, 5) is 12.4. The van der Waals surface area contributed by atoms with E-state index in [4.69, 9.17) is 16.3 Å². The summed E-state index contributed by atoms with van der Waals surface area (Å²) in [6, 6.07) is 0.699. The van der Waals surface area contributed by atoms with Crippen LogP contribution in [0.25, 0.3) is 0 Å². The Balaban J connectivity index is 2.03. The van der Waals surface area contributed by atoms with Crippen molar-refractivity contribution in [3.05, 3.63) is 5.28 Å². The van der Waals surface area contributed by atoms with Gasteiger partial charge in [-0.3, -0.25) is 0 Å². The van der Waals surface area contributed by atoms with E-state index in [0.29, 0.717) is 30.5 Å². The van der Waals surface area contributed by atoms with Crippen LogP contribution in [0.15, 0.2) is 0 Å². The molecule has 0 aromatic carbocycles. The number of aromatic nitrogens is 3. The molecular weight excluding hydrogens is 276 g/mol. The van der Waals surface area contributed by atoms with Crippen molar-refractivity contribution < 1.29 is 4.74 Å². The fraction of sp³-hybridized carbons (Fsp3) is 0.786. The van der Waals surface area contributed by atoms with Gasteiger partial charge in [0.05, 0.1) is 6.61 Å². The van der Waals surface area contributed by atoms with Crippen LogP contribution >= 0.6 is 11.6 Å². The Kier molecular flexibility index (Phi) is 5.40. The Morgan fingerprint density at radius 1 is 1.25 bits per heavy atom. The summed E-state index contributed by atoms with van der Waals surface area (Å²) >= 11 is 5.92. The van der Waals surface area contributed by atoms with Crippen LogP contribution in [0.1, 0.15) is 46.5 Å². The zero-order chi connectivity index (χ0) is 14.5. The Labute approximate surface area is 125 Å². The first-order valence-corrected chi connectivity index (χ1v) is 7.82. The standard InChI is InChI=1S/C14H23ClN4O/c1-4-8-20-14-18-12(15)17-13(19-14)16-11-7-6-10(5-2)9(11)3/h9-11H,4-8H2,1-3H3,(H,16,17,18,19). The largest absolute Gasteiger partial charge is 0.463 e. The third kappa shape index (κ3) is 3.72. The Morgan fingerprint density at radius 2 is 2.05 bits per heavy atom. The number of nitrogens with one attached hydrogen (secondary N) is 1. The fourth-order valence-electron chi connectivity index (χ4n) is 2.85. The molecule has 1 aromatic heterocycles. The minimum atomic E-state index is 0.172. The van der Waals surface area contributed by atoms with Gasteiger partial charge in [0.2, 0.25) is 11.2 Å². The van der Waals surface area contributed by atoms with Gasteiger partial charge in [0.25, 0.3) is 0 Å². The Hall–Kier alpha value is -1.10. The van der Waals surface area contributed by atoms with E-state index in [9.17, 15) is 0 Å². The molecule has 5 nitrogen and oxygen atoms in total. The summed E-state index contributed by atoms with van der Waals surface area (Å²) in [6.45, 7) is 7.15. The van der Waals surface area contributed by atoms with Crippen molar-refractivity contribution in [1.29, 1.82) is 0 Å². The molecule has 20 heavy (non-hydrogen) atoms. The molecule has 0 bridgehead atoms. The molecule has 6 heteroatoms. The average molecular weight is 299 g/mol. The number of anilines is 1. The summed E-state index contributed by atoms with van der Waals surface area (Å²) in [6.07, 6.45) is 4.54. The highest BCUT2D eigenvalue weighted by atomic mass is 35.5. The lowest BCUT2D eigenvalue weighted by Gasteiger charge is -2.21. The average Bonchev–Trinajstić information content (AvgIpc) is 2.77. The molecule has 0 amide bonds. The molecule has 0 saturated heterocycles. The van der Waals surface area contributed by atoms with Crippen LogP contribution in [0.3, 0.4) is 0 Å². The van der Waals surface area contributed by atoms with Gasteiger partial charge in [-0.05, 0) is 42.7 Å². The van der Waals surface area contributed by atoms with E-state index in [1.54, 1.807) is 0 Å². The van der Waals surface area contributed by atoms with Crippen molar-refractivity contribution in [2.24, 2.45) is 11.8 Å². The van der Waals surface area contributed by atoms with Gasteiger partial charge in [0.1, 0.15) is 0 Å². The Bertz CT molecular complexity index is 443. The Morgan fingerprint density at radius 3 is 2.70 bits per heavy atom. The molecule has 1 aromatic rings. The second kappa shape index (κ2) is 7.07. The van der Waals surface area contributed by atoms with Gasteiger partial charge >= 0.3 is 6.01 Å². The van der Waals surface area contributed by atoms with Gasteiger partial charge in [0.15, 0.2) is 0 Å². The van der Waals surface area contributed by atoms with E-state index < -0.39 is 0 Å². The van der Waals surface area contributed by atoms with Crippen LogP contribution < -0.4 is 10.1 Å². The van der Waals surface area contributed by atoms with E-state index in [-0.39, 0.29) is 5.28 Å². The van der Waals surface area contributed by atoms with Crippen LogP contribution in [-0.4, -0.2) is 27.6 Å². The number of nitrogens with zero attached hydrogens (tertiary/aromatic N) is 3. The minimum absolute atomic E-state index is 0.172. The number of rotatable bonds is 6.